The smallest absolute Gasteiger partial charge is 0.220 e. The molecule has 1 saturated heterocycles. The summed E-state index contributed by atoms with van der Waals surface area (Å²) in [5, 5.41) is 54.6. The molecule has 1 heterocycles. The van der Waals surface area contributed by atoms with E-state index in [0.717, 1.165) is 38.5 Å². The molecule has 1 aliphatic heterocycles. The van der Waals surface area contributed by atoms with Gasteiger partial charge < -0.3 is 40.3 Å². The zero-order valence-electron chi connectivity index (χ0n) is 44.4. The first-order valence-electron chi connectivity index (χ1n) is 29.7. The number of aliphatic hydroxyl groups is 5. The highest BCUT2D eigenvalue weighted by molar-refractivity contribution is 5.76. The van der Waals surface area contributed by atoms with E-state index in [4.69, 9.17) is 9.47 Å². The van der Waals surface area contributed by atoms with Crippen LogP contribution in [0.2, 0.25) is 0 Å². The minimum Gasteiger partial charge on any atom is -0.394 e. The van der Waals surface area contributed by atoms with E-state index in [0.29, 0.717) is 12.8 Å². The molecule has 0 aromatic carbocycles. The first-order valence-corrected chi connectivity index (χ1v) is 29.7. The Bertz CT molecular complexity index is 1020. The average molecular weight is 955 g/mol. The summed E-state index contributed by atoms with van der Waals surface area (Å²) in [4.78, 5) is 13.0. The molecule has 67 heavy (non-hydrogen) atoms. The van der Waals surface area contributed by atoms with E-state index in [1.165, 1.54) is 244 Å². The number of aliphatic hydroxyl groups excluding tert-OH is 5. The molecule has 1 fully saturated rings. The predicted octanol–water partition coefficient (Wildman–Crippen LogP) is 14.6. The highest BCUT2D eigenvalue weighted by Crippen LogP contribution is 2.23. The van der Waals surface area contributed by atoms with Gasteiger partial charge in [0.25, 0.3) is 0 Å². The third kappa shape index (κ3) is 38.5. The monoisotopic (exact) mass is 954 g/mol. The molecule has 0 spiro atoms. The number of rotatable bonds is 52. The van der Waals surface area contributed by atoms with E-state index in [1.807, 2.05) is 0 Å². The number of amides is 1. The molecule has 9 heteroatoms. The van der Waals surface area contributed by atoms with Crippen molar-refractivity contribution in [1.29, 1.82) is 0 Å². The molecule has 1 amide bonds. The topological polar surface area (TPSA) is 149 Å². The normalized spacial score (nSPS) is 19.5. The Hall–Kier alpha value is -0.810. The molecule has 7 atom stereocenters. The van der Waals surface area contributed by atoms with Crippen molar-refractivity contribution in [3.63, 3.8) is 0 Å². The lowest BCUT2D eigenvalue weighted by Gasteiger charge is -2.40. The highest BCUT2D eigenvalue weighted by Gasteiger charge is 2.44. The van der Waals surface area contributed by atoms with Gasteiger partial charge in [0.2, 0.25) is 5.91 Å². The van der Waals surface area contributed by atoms with Crippen LogP contribution in [0.5, 0.6) is 0 Å². The number of hydrogen-bond acceptors (Lipinski definition) is 8. The molecule has 0 bridgehead atoms. The number of carbonyl (C=O) groups is 1. The number of ether oxygens (including phenoxy) is 2. The van der Waals surface area contributed by atoms with Gasteiger partial charge in [-0.25, -0.2) is 0 Å². The third-order valence-electron chi connectivity index (χ3n) is 14.7. The predicted molar refractivity (Wildman–Crippen MR) is 281 cm³/mol. The van der Waals surface area contributed by atoms with Crippen molar-refractivity contribution in [3.05, 3.63) is 0 Å². The second-order valence-corrected chi connectivity index (χ2v) is 21.2. The second-order valence-electron chi connectivity index (χ2n) is 21.2. The van der Waals surface area contributed by atoms with Gasteiger partial charge in [0.1, 0.15) is 24.4 Å². The van der Waals surface area contributed by atoms with Gasteiger partial charge in [-0.15, -0.1) is 0 Å². The third-order valence-corrected chi connectivity index (χ3v) is 14.7. The van der Waals surface area contributed by atoms with Crippen LogP contribution in [0.15, 0.2) is 0 Å². The zero-order chi connectivity index (χ0) is 48.7. The first-order chi connectivity index (χ1) is 32.8. The Labute approximate surface area is 414 Å². The van der Waals surface area contributed by atoms with Crippen molar-refractivity contribution in [3.8, 4) is 0 Å². The molecule has 9 nitrogen and oxygen atoms in total. The van der Waals surface area contributed by atoms with Gasteiger partial charge in [0.05, 0.1) is 25.4 Å². The van der Waals surface area contributed by atoms with Gasteiger partial charge in [-0.1, -0.05) is 290 Å². The minimum absolute atomic E-state index is 0.131. The Morgan fingerprint density at radius 2 is 0.746 bits per heavy atom. The molecule has 1 rings (SSSR count). The molecular formula is C58H115NO8. The van der Waals surface area contributed by atoms with E-state index >= 15 is 0 Å². The van der Waals surface area contributed by atoms with Gasteiger partial charge in [-0.2, -0.15) is 0 Å². The van der Waals surface area contributed by atoms with Crippen LogP contribution in [-0.4, -0.2) is 87.5 Å². The summed E-state index contributed by atoms with van der Waals surface area (Å²) in [6.07, 6.45) is 51.6. The van der Waals surface area contributed by atoms with Gasteiger partial charge in [-0.3, -0.25) is 4.79 Å². The maximum atomic E-state index is 13.0. The summed E-state index contributed by atoms with van der Waals surface area (Å²) < 4.78 is 11.3. The number of hydrogen-bond donors (Lipinski definition) is 6. The molecule has 6 N–H and O–H groups in total. The van der Waals surface area contributed by atoms with E-state index in [-0.39, 0.29) is 12.5 Å². The molecule has 0 aliphatic carbocycles. The fraction of sp³-hybridized carbons (Fsp3) is 0.983. The van der Waals surface area contributed by atoms with Crippen molar-refractivity contribution >= 4 is 5.91 Å². The van der Waals surface area contributed by atoms with Gasteiger partial charge in [0, 0.05) is 6.42 Å². The number of nitrogens with one attached hydrogen (secondary N) is 1. The van der Waals surface area contributed by atoms with Crippen LogP contribution in [-0.2, 0) is 14.3 Å². The second kappa shape index (κ2) is 48.8. The summed E-state index contributed by atoms with van der Waals surface area (Å²) in [6, 6.07) is -0.712. The summed E-state index contributed by atoms with van der Waals surface area (Å²) in [5.74, 6) is -0.139. The van der Waals surface area contributed by atoms with Crippen molar-refractivity contribution in [2.45, 2.75) is 352 Å². The summed E-state index contributed by atoms with van der Waals surface area (Å²) in [5.41, 5.74) is 0. The molecule has 7 unspecified atom stereocenters. The molecule has 0 aromatic heterocycles. The number of unbranched alkanes of at least 4 members (excludes halogenated alkanes) is 42. The van der Waals surface area contributed by atoms with E-state index in [1.54, 1.807) is 0 Å². The standard InChI is InChI=1S/C58H115NO8/c1-3-5-7-9-11-13-15-17-18-19-20-21-22-23-24-25-26-27-28-29-30-31-32-33-34-35-36-37-39-41-43-45-47-52(61)51(50-66-58-57(65)56(64)55(63)53(49-60)67-58)59-54(62)48-46-44-42-40-38-16-14-12-10-8-6-4-2/h51-53,55-58,60-61,63-65H,3-50H2,1-2H3,(H,59,62). The van der Waals surface area contributed by atoms with Crippen LogP contribution < -0.4 is 5.32 Å². The Kier molecular flexibility index (Phi) is 46.8. The van der Waals surface area contributed by atoms with Crippen LogP contribution in [0.25, 0.3) is 0 Å². The molecule has 400 valence electrons. The SMILES string of the molecule is CCCCCCCCCCCCCCCCCCCCCCCCCCCCCCCCCCC(O)C(COC1OC(CO)C(O)C(O)C1O)NC(=O)CCCCCCCCCCCCCC. The Balaban J connectivity index is 2.08. The lowest BCUT2D eigenvalue weighted by atomic mass is 9.99. The van der Waals surface area contributed by atoms with Gasteiger partial charge in [0.15, 0.2) is 6.29 Å². The zero-order valence-corrected chi connectivity index (χ0v) is 44.4. The lowest BCUT2D eigenvalue weighted by Crippen LogP contribution is -2.60. The van der Waals surface area contributed by atoms with Gasteiger partial charge >= 0.3 is 0 Å². The van der Waals surface area contributed by atoms with E-state index in [2.05, 4.69) is 19.2 Å². The molecule has 0 aromatic rings. The average Bonchev–Trinajstić information content (AvgIpc) is 3.33. The fourth-order valence-corrected chi connectivity index (χ4v) is 9.99. The van der Waals surface area contributed by atoms with Crippen LogP contribution in [0.4, 0.5) is 0 Å². The molecular weight excluding hydrogens is 839 g/mol. The minimum atomic E-state index is -1.55. The highest BCUT2D eigenvalue weighted by atomic mass is 16.7. The molecule has 1 aliphatic rings. The van der Waals surface area contributed by atoms with Crippen molar-refractivity contribution in [1.82, 2.24) is 5.32 Å². The maximum Gasteiger partial charge on any atom is 0.220 e. The van der Waals surface area contributed by atoms with Crippen molar-refractivity contribution in [2.75, 3.05) is 13.2 Å². The summed E-state index contributed by atoms with van der Waals surface area (Å²) in [7, 11) is 0. The van der Waals surface area contributed by atoms with Gasteiger partial charge in [-0.05, 0) is 12.8 Å². The summed E-state index contributed by atoms with van der Waals surface area (Å²) in [6.45, 7) is 3.87. The van der Waals surface area contributed by atoms with Crippen LogP contribution >= 0.6 is 0 Å². The maximum absolute atomic E-state index is 13.0. The summed E-state index contributed by atoms with van der Waals surface area (Å²) >= 11 is 0. The van der Waals surface area contributed by atoms with Crippen molar-refractivity contribution < 1.29 is 39.8 Å². The molecule has 0 radical (unpaired) electrons. The lowest BCUT2D eigenvalue weighted by molar-refractivity contribution is -0.302. The van der Waals surface area contributed by atoms with Crippen LogP contribution in [0.3, 0.4) is 0 Å². The largest absolute Gasteiger partial charge is 0.394 e. The quantitative estimate of drug-likeness (QED) is 0.0330. The Morgan fingerprint density at radius 1 is 0.448 bits per heavy atom. The van der Waals surface area contributed by atoms with E-state index < -0.39 is 49.5 Å². The first kappa shape index (κ1) is 64.2. The van der Waals surface area contributed by atoms with E-state index in [9.17, 15) is 30.3 Å². The van der Waals surface area contributed by atoms with Crippen molar-refractivity contribution in [2.24, 2.45) is 0 Å². The van der Waals surface area contributed by atoms with Crippen LogP contribution in [0.1, 0.15) is 309 Å². The Morgan fingerprint density at radius 3 is 1.06 bits per heavy atom. The number of carbonyl (C=O) groups excluding carboxylic acids is 1. The van der Waals surface area contributed by atoms with Crippen LogP contribution in [0, 0.1) is 0 Å². The molecule has 0 saturated carbocycles. The fourth-order valence-electron chi connectivity index (χ4n) is 9.99.